The molecule has 108 valence electrons. The highest BCUT2D eigenvalue weighted by Crippen LogP contribution is 2.54. The Bertz CT molecular complexity index is 299. The molecule has 0 saturated carbocycles. The van der Waals surface area contributed by atoms with E-state index in [0.29, 0.717) is 18.9 Å². The molecule has 0 bridgehead atoms. The van der Waals surface area contributed by atoms with Gasteiger partial charge >= 0.3 is 7.60 Å². The topological polar surface area (TPSA) is 68.1 Å². The number of hydrogen-bond acceptors (Lipinski definition) is 5. The molecule has 0 aromatic heterocycles. The summed E-state index contributed by atoms with van der Waals surface area (Å²) in [4.78, 5) is 0. The van der Waals surface area contributed by atoms with Crippen molar-refractivity contribution in [2.45, 2.75) is 47.2 Å². The molecule has 1 unspecified atom stereocenters. The lowest BCUT2D eigenvalue weighted by Crippen LogP contribution is -2.20. The second kappa shape index (κ2) is 7.93. The Balaban J connectivity index is 4.84. The fourth-order valence-electron chi connectivity index (χ4n) is 1.08. The van der Waals surface area contributed by atoms with Crippen LogP contribution in [0.1, 0.15) is 41.5 Å². The summed E-state index contributed by atoms with van der Waals surface area (Å²) >= 11 is 0. The van der Waals surface area contributed by atoms with Crippen molar-refractivity contribution in [1.29, 1.82) is 0 Å². The first-order chi connectivity index (χ1) is 8.23. The Morgan fingerprint density at radius 2 is 1.50 bits per heavy atom. The van der Waals surface area contributed by atoms with Crippen LogP contribution in [0.3, 0.4) is 0 Å². The Hall–Kier alpha value is -0.380. The Labute approximate surface area is 110 Å². The van der Waals surface area contributed by atoms with Gasteiger partial charge in [-0.2, -0.15) is 0 Å². The van der Waals surface area contributed by atoms with Crippen molar-refractivity contribution >= 4 is 13.3 Å². The highest BCUT2D eigenvalue weighted by molar-refractivity contribution is 7.55. The summed E-state index contributed by atoms with van der Waals surface area (Å²) in [6.07, 6.45) is 0. The third kappa shape index (κ3) is 5.98. The van der Waals surface area contributed by atoms with Crippen LogP contribution in [-0.2, 0) is 13.6 Å². The molecule has 0 radical (unpaired) electrons. The molecule has 0 spiro atoms. The largest absolute Gasteiger partial charge is 0.411 e. The molecule has 18 heavy (non-hydrogen) atoms. The number of nitrogens with zero attached hydrogens (tertiary/aromatic N) is 1. The van der Waals surface area contributed by atoms with Crippen LogP contribution in [0.15, 0.2) is 5.16 Å². The van der Waals surface area contributed by atoms with E-state index >= 15 is 0 Å². The average Bonchev–Trinajstić information content (AvgIpc) is 2.31. The van der Waals surface area contributed by atoms with Gasteiger partial charge in [0.25, 0.3) is 0 Å². The van der Waals surface area contributed by atoms with E-state index in [1.54, 1.807) is 13.8 Å². The lowest BCUT2D eigenvalue weighted by molar-refractivity contribution is 0.171. The minimum Gasteiger partial charge on any atom is -0.411 e. The van der Waals surface area contributed by atoms with E-state index in [4.69, 9.17) is 14.3 Å². The molecule has 0 aliphatic rings. The van der Waals surface area contributed by atoms with Crippen LogP contribution < -0.4 is 0 Å². The van der Waals surface area contributed by atoms with Crippen molar-refractivity contribution in [3.8, 4) is 0 Å². The molecular formula is C12H26NO4P. The molecule has 0 aromatic carbocycles. The molecule has 0 amide bonds. The first-order valence-electron chi connectivity index (χ1n) is 6.30. The van der Waals surface area contributed by atoms with E-state index in [0.717, 1.165) is 0 Å². The van der Waals surface area contributed by atoms with Crippen LogP contribution in [0.25, 0.3) is 0 Å². The van der Waals surface area contributed by atoms with Crippen LogP contribution in [0.2, 0.25) is 0 Å². The Morgan fingerprint density at radius 3 is 1.78 bits per heavy atom. The molecule has 0 saturated heterocycles. The number of rotatable bonds is 8. The summed E-state index contributed by atoms with van der Waals surface area (Å²) in [6, 6.07) is 0. The van der Waals surface area contributed by atoms with Crippen LogP contribution in [-0.4, -0.2) is 29.8 Å². The van der Waals surface area contributed by atoms with Gasteiger partial charge in [-0.3, -0.25) is 4.57 Å². The van der Waals surface area contributed by atoms with Crippen molar-refractivity contribution in [2.75, 3.05) is 13.2 Å². The van der Waals surface area contributed by atoms with Crippen LogP contribution in [0.5, 0.6) is 0 Å². The number of hydrogen-bond donors (Lipinski definition) is 1. The molecule has 5 nitrogen and oxygen atoms in total. The lowest BCUT2D eigenvalue weighted by atomic mass is 10.2. The van der Waals surface area contributed by atoms with Gasteiger partial charge in [-0.05, 0) is 25.7 Å². The first kappa shape index (κ1) is 17.6. The maximum absolute atomic E-state index is 12.7. The minimum absolute atomic E-state index is 0.263. The second-order valence-corrected chi connectivity index (χ2v) is 7.71. The van der Waals surface area contributed by atoms with Gasteiger partial charge in [-0.25, -0.2) is 0 Å². The van der Waals surface area contributed by atoms with Crippen LogP contribution >= 0.6 is 7.60 Å². The summed E-state index contributed by atoms with van der Waals surface area (Å²) in [7, 11) is -3.28. The van der Waals surface area contributed by atoms with Gasteiger partial charge < -0.3 is 14.3 Å². The molecule has 0 aliphatic carbocycles. The molecule has 0 fully saturated rings. The van der Waals surface area contributed by atoms with Gasteiger partial charge in [0.2, 0.25) is 0 Å². The fourth-order valence-corrected chi connectivity index (χ4v) is 3.12. The van der Waals surface area contributed by atoms with Crippen molar-refractivity contribution in [3.63, 3.8) is 0 Å². The standard InChI is InChI=1S/C12H26NO4P/c1-9(2)7-16-18(15,17-8-10(3)4)12(6)11(5)13-14/h9-10,12,14H,7-8H2,1-6H3. The molecule has 6 heteroatoms. The van der Waals surface area contributed by atoms with E-state index < -0.39 is 13.3 Å². The summed E-state index contributed by atoms with van der Waals surface area (Å²) < 4.78 is 23.6. The predicted octanol–water partition coefficient (Wildman–Crippen LogP) is 3.76. The summed E-state index contributed by atoms with van der Waals surface area (Å²) in [5.41, 5.74) is -0.189. The number of oxime groups is 1. The van der Waals surface area contributed by atoms with Crippen LogP contribution in [0.4, 0.5) is 0 Å². The van der Waals surface area contributed by atoms with E-state index in [1.807, 2.05) is 27.7 Å². The van der Waals surface area contributed by atoms with E-state index in [-0.39, 0.29) is 11.8 Å². The zero-order valence-electron chi connectivity index (χ0n) is 12.2. The van der Waals surface area contributed by atoms with Crippen molar-refractivity contribution in [1.82, 2.24) is 0 Å². The quantitative estimate of drug-likeness (QED) is 0.318. The van der Waals surface area contributed by atoms with E-state index in [2.05, 4.69) is 5.16 Å². The second-order valence-electron chi connectivity index (χ2n) is 5.34. The molecule has 0 heterocycles. The molecule has 1 N–H and O–H groups in total. The van der Waals surface area contributed by atoms with Crippen molar-refractivity contribution in [3.05, 3.63) is 0 Å². The molecular weight excluding hydrogens is 253 g/mol. The third-order valence-corrected chi connectivity index (χ3v) is 4.75. The maximum atomic E-state index is 12.7. The fraction of sp³-hybridized carbons (Fsp3) is 0.917. The molecule has 0 aliphatic heterocycles. The molecule has 0 rings (SSSR count). The van der Waals surface area contributed by atoms with Gasteiger partial charge in [-0.1, -0.05) is 32.9 Å². The van der Waals surface area contributed by atoms with Gasteiger partial charge in [0.1, 0.15) is 0 Å². The van der Waals surface area contributed by atoms with E-state index in [9.17, 15) is 4.57 Å². The smallest absolute Gasteiger partial charge is 0.339 e. The average molecular weight is 279 g/mol. The minimum atomic E-state index is -3.28. The monoisotopic (exact) mass is 279 g/mol. The highest BCUT2D eigenvalue weighted by atomic mass is 31.2. The van der Waals surface area contributed by atoms with Gasteiger partial charge in [0.05, 0.1) is 24.6 Å². The van der Waals surface area contributed by atoms with E-state index in [1.165, 1.54) is 0 Å². The van der Waals surface area contributed by atoms with Gasteiger partial charge in [0.15, 0.2) is 0 Å². The van der Waals surface area contributed by atoms with Gasteiger partial charge in [-0.15, -0.1) is 0 Å². The summed E-state index contributed by atoms with van der Waals surface area (Å²) in [6.45, 7) is 11.9. The van der Waals surface area contributed by atoms with Crippen molar-refractivity contribution in [2.24, 2.45) is 17.0 Å². The normalized spacial score (nSPS) is 15.4. The zero-order valence-corrected chi connectivity index (χ0v) is 13.1. The third-order valence-electron chi connectivity index (χ3n) is 2.41. The maximum Gasteiger partial charge on any atom is 0.339 e. The Kier molecular flexibility index (Phi) is 7.76. The highest BCUT2D eigenvalue weighted by Gasteiger charge is 2.35. The first-order valence-corrected chi connectivity index (χ1v) is 7.91. The Morgan fingerprint density at radius 1 is 1.11 bits per heavy atom. The van der Waals surface area contributed by atoms with Crippen LogP contribution in [0, 0.1) is 11.8 Å². The summed E-state index contributed by atoms with van der Waals surface area (Å²) in [5, 5.41) is 11.9. The van der Waals surface area contributed by atoms with Gasteiger partial charge in [0, 0.05) is 0 Å². The zero-order chi connectivity index (χ0) is 14.3. The molecule has 1 atom stereocenters. The van der Waals surface area contributed by atoms with Crippen molar-refractivity contribution < 1.29 is 18.8 Å². The predicted molar refractivity (Wildman–Crippen MR) is 73.5 cm³/mol. The lowest BCUT2D eigenvalue weighted by Gasteiger charge is -2.25. The summed E-state index contributed by atoms with van der Waals surface area (Å²) in [5.74, 6) is 0.527. The molecule has 0 aromatic rings. The SMILES string of the molecule is CC(=NO)C(C)P(=O)(OCC(C)C)OCC(C)C.